The Bertz CT molecular complexity index is 529. The minimum atomic E-state index is 0.385. The first kappa shape index (κ1) is 10.8. The van der Waals surface area contributed by atoms with E-state index in [0.29, 0.717) is 5.41 Å². The van der Waals surface area contributed by atoms with E-state index in [-0.39, 0.29) is 0 Å². The second-order valence-electron chi connectivity index (χ2n) is 5.51. The van der Waals surface area contributed by atoms with Crippen molar-refractivity contribution >= 4 is 10.9 Å². The molecule has 1 aliphatic carbocycles. The lowest BCUT2D eigenvalue weighted by Crippen LogP contribution is -2.39. The second-order valence-corrected chi connectivity index (χ2v) is 5.51. The number of aromatic nitrogens is 1. The van der Waals surface area contributed by atoms with Gasteiger partial charge in [0, 0.05) is 16.6 Å². The van der Waals surface area contributed by atoms with Gasteiger partial charge in [-0.25, -0.2) is 0 Å². The molecule has 0 unspecified atom stereocenters. The quantitative estimate of drug-likeness (QED) is 0.832. The molecule has 0 radical (unpaired) electrons. The summed E-state index contributed by atoms with van der Waals surface area (Å²) in [6, 6.07) is 8.58. The lowest BCUT2D eigenvalue weighted by atomic mass is 9.65. The highest BCUT2D eigenvalue weighted by molar-refractivity contribution is 5.84. The van der Waals surface area contributed by atoms with Crippen LogP contribution in [0.15, 0.2) is 24.3 Å². The number of para-hydroxylation sites is 1. The van der Waals surface area contributed by atoms with Crippen LogP contribution < -0.4 is 5.73 Å². The number of aryl methyl sites for hydroxylation is 1. The molecule has 1 heterocycles. The molecule has 2 aromatic rings. The lowest BCUT2D eigenvalue weighted by Gasteiger charge is -2.41. The van der Waals surface area contributed by atoms with Crippen LogP contribution in [0.3, 0.4) is 0 Å². The van der Waals surface area contributed by atoms with Crippen LogP contribution in [0.25, 0.3) is 10.9 Å². The fourth-order valence-corrected chi connectivity index (χ4v) is 3.07. The summed E-state index contributed by atoms with van der Waals surface area (Å²) in [6.07, 6.45) is 5.07. The SMILES string of the molecule is Cc1[nH]c2ccccc2c1CC1(CN)CCC1. The number of aromatic amines is 1. The van der Waals surface area contributed by atoms with E-state index < -0.39 is 0 Å². The molecule has 90 valence electrons. The highest BCUT2D eigenvalue weighted by atomic mass is 14.7. The molecule has 0 aliphatic heterocycles. The van der Waals surface area contributed by atoms with Gasteiger partial charge in [0.05, 0.1) is 0 Å². The number of hydrogen-bond donors (Lipinski definition) is 2. The minimum Gasteiger partial charge on any atom is -0.358 e. The van der Waals surface area contributed by atoms with Crippen LogP contribution in [0.4, 0.5) is 0 Å². The van der Waals surface area contributed by atoms with Gasteiger partial charge >= 0.3 is 0 Å². The average Bonchev–Trinajstić information content (AvgIpc) is 2.60. The zero-order chi connectivity index (χ0) is 11.9. The Balaban J connectivity index is 2.02. The lowest BCUT2D eigenvalue weighted by molar-refractivity contribution is 0.145. The Morgan fingerprint density at radius 1 is 1.29 bits per heavy atom. The molecule has 0 spiro atoms. The Morgan fingerprint density at radius 3 is 2.71 bits per heavy atom. The summed E-state index contributed by atoms with van der Waals surface area (Å²) in [5, 5.41) is 1.38. The molecule has 3 N–H and O–H groups in total. The summed E-state index contributed by atoms with van der Waals surface area (Å²) < 4.78 is 0. The fourth-order valence-electron chi connectivity index (χ4n) is 3.07. The molecule has 1 aromatic heterocycles. The Morgan fingerprint density at radius 2 is 2.06 bits per heavy atom. The highest BCUT2D eigenvalue weighted by Gasteiger charge is 2.36. The van der Waals surface area contributed by atoms with Gasteiger partial charge in [0.2, 0.25) is 0 Å². The van der Waals surface area contributed by atoms with Gasteiger partial charge in [0.1, 0.15) is 0 Å². The zero-order valence-corrected chi connectivity index (χ0v) is 10.4. The van der Waals surface area contributed by atoms with Crippen molar-refractivity contribution in [3.8, 4) is 0 Å². The fraction of sp³-hybridized carbons (Fsp3) is 0.467. The molecular formula is C15H20N2. The summed E-state index contributed by atoms with van der Waals surface area (Å²) in [5.74, 6) is 0. The van der Waals surface area contributed by atoms with Crippen LogP contribution in [0, 0.1) is 12.3 Å². The van der Waals surface area contributed by atoms with Gasteiger partial charge < -0.3 is 10.7 Å². The Labute approximate surface area is 102 Å². The van der Waals surface area contributed by atoms with Gasteiger partial charge in [-0.1, -0.05) is 24.6 Å². The molecule has 0 amide bonds. The van der Waals surface area contributed by atoms with E-state index in [1.54, 1.807) is 0 Å². The average molecular weight is 228 g/mol. The van der Waals surface area contributed by atoms with Crippen LogP contribution in [0.1, 0.15) is 30.5 Å². The van der Waals surface area contributed by atoms with Gasteiger partial charge in [-0.3, -0.25) is 0 Å². The third-order valence-electron chi connectivity index (χ3n) is 4.43. The first-order valence-electron chi connectivity index (χ1n) is 6.50. The van der Waals surface area contributed by atoms with Crippen LogP contribution in [-0.2, 0) is 6.42 Å². The van der Waals surface area contributed by atoms with Gasteiger partial charge in [-0.15, -0.1) is 0 Å². The predicted octanol–water partition coefficient (Wildman–Crippen LogP) is 3.15. The van der Waals surface area contributed by atoms with E-state index in [1.165, 1.54) is 41.4 Å². The van der Waals surface area contributed by atoms with Crippen molar-refractivity contribution in [1.29, 1.82) is 0 Å². The largest absolute Gasteiger partial charge is 0.358 e. The van der Waals surface area contributed by atoms with E-state index >= 15 is 0 Å². The number of rotatable bonds is 3. The van der Waals surface area contributed by atoms with Crippen molar-refractivity contribution in [2.45, 2.75) is 32.6 Å². The molecule has 17 heavy (non-hydrogen) atoms. The van der Waals surface area contributed by atoms with Crippen molar-refractivity contribution in [2.24, 2.45) is 11.1 Å². The zero-order valence-electron chi connectivity index (χ0n) is 10.4. The van der Waals surface area contributed by atoms with Gasteiger partial charge in [0.25, 0.3) is 0 Å². The molecule has 1 fully saturated rings. The molecule has 2 heteroatoms. The number of fused-ring (bicyclic) bond motifs is 1. The van der Waals surface area contributed by atoms with E-state index in [1.807, 2.05) is 0 Å². The van der Waals surface area contributed by atoms with Crippen LogP contribution >= 0.6 is 0 Å². The molecule has 2 nitrogen and oxygen atoms in total. The Kier molecular flexibility index (Phi) is 2.48. The minimum absolute atomic E-state index is 0.385. The normalized spacial score (nSPS) is 18.2. The standard InChI is InChI=1S/C15H20N2/c1-11-13(9-15(10-16)7-4-8-15)12-5-2-3-6-14(12)17-11/h2-3,5-6,17H,4,7-10,16H2,1H3. The molecule has 0 atom stereocenters. The first-order valence-corrected chi connectivity index (χ1v) is 6.50. The first-order chi connectivity index (χ1) is 8.24. The van der Waals surface area contributed by atoms with Crippen LogP contribution in [-0.4, -0.2) is 11.5 Å². The summed E-state index contributed by atoms with van der Waals surface area (Å²) in [5.41, 5.74) is 10.4. The molecule has 1 aliphatic rings. The number of nitrogens with two attached hydrogens (primary N) is 1. The number of hydrogen-bond acceptors (Lipinski definition) is 1. The van der Waals surface area contributed by atoms with Crippen molar-refractivity contribution < 1.29 is 0 Å². The van der Waals surface area contributed by atoms with E-state index in [4.69, 9.17) is 5.73 Å². The highest BCUT2D eigenvalue weighted by Crippen LogP contribution is 2.44. The number of nitrogens with one attached hydrogen (secondary N) is 1. The maximum atomic E-state index is 5.97. The van der Waals surface area contributed by atoms with E-state index in [0.717, 1.165) is 13.0 Å². The Hall–Kier alpha value is -1.28. The van der Waals surface area contributed by atoms with Gasteiger partial charge in [0.15, 0.2) is 0 Å². The molecule has 1 saturated carbocycles. The van der Waals surface area contributed by atoms with E-state index in [2.05, 4.69) is 36.2 Å². The monoisotopic (exact) mass is 228 g/mol. The summed E-state index contributed by atoms with van der Waals surface area (Å²) in [7, 11) is 0. The maximum absolute atomic E-state index is 5.97. The predicted molar refractivity (Wildman–Crippen MR) is 72.1 cm³/mol. The van der Waals surface area contributed by atoms with Crippen LogP contribution in [0.2, 0.25) is 0 Å². The molecule has 0 bridgehead atoms. The van der Waals surface area contributed by atoms with Gasteiger partial charge in [-0.2, -0.15) is 0 Å². The topological polar surface area (TPSA) is 41.8 Å². The second kappa shape index (κ2) is 3.88. The molecule has 3 rings (SSSR count). The van der Waals surface area contributed by atoms with E-state index in [9.17, 15) is 0 Å². The number of benzene rings is 1. The van der Waals surface area contributed by atoms with Gasteiger partial charge in [-0.05, 0) is 49.8 Å². The third-order valence-corrected chi connectivity index (χ3v) is 4.43. The maximum Gasteiger partial charge on any atom is 0.0458 e. The summed E-state index contributed by atoms with van der Waals surface area (Å²) in [4.78, 5) is 3.48. The third kappa shape index (κ3) is 1.67. The van der Waals surface area contributed by atoms with Crippen molar-refractivity contribution in [3.63, 3.8) is 0 Å². The molecule has 1 aromatic carbocycles. The molecular weight excluding hydrogens is 208 g/mol. The molecule has 0 saturated heterocycles. The number of H-pyrrole nitrogens is 1. The van der Waals surface area contributed by atoms with Crippen molar-refractivity contribution in [3.05, 3.63) is 35.5 Å². The van der Waals surface area contributed by atoms with Crippen molar-refractivity contribution in [2.75, 3.05) is 6.54 Å². The van der Waals surface area contributed by atoms with Crippen LogP contribution in [0.5, 0.6) is 0 Å². The smallest absolute Gasteiger partial charge is 0.0458 e. The summed E-state index contributed by atoms with van der Waals surface area (Å²) in [6.45, 7) is 3.00. The van der Waals surface area contributed by atoms with Crippen molar-refractivity contribution in [1.82, 2.24) is 4.98 Å². The summed E-state index contributed by atoms with van der Waals surface area (Å²) >= 11 is 0.